The van der Waals surface area contributed by atoms with Crippen LogP contribution in [0.3, 0.4) is 0 Å². The number of aromatic nitrogens is 1. The molecule has 1 aromatic heterocycles. The lowest BCUT2D eigenvalue weighted by atomic mass is 10.2. The average Bonchev–Trinajstić information content (AvgIpc) is 2.32. The van der Waals surface area contributed by atoms with Gasteiger partial charge < -0.3 is 10.8 Å². The lowest BCUT2D eigenvalue weighted by Crippen LogP contribution is -2.03. The molecule has 5 heteroatoms. The number of nitrogens with two attached hydrogens (primary N) is 1. The van der Waals surface area contributed by atoms with Gasteiger partial charge in [0.05, 0.1) is 22.2 Å². The van der Waals surface area contributed by atoms with Gasteiger partial charge in [-0.1, -0.05) is 12.1 Å². The Balaban J connectivity index is 2.17. The van der Waals surface area contributed by atoms with E-state index in [1.165, 1.54) is 0 Å². The van der Waals surface area contributed by atoms with Crippen molar-refractivity contribution in [2.75, 3.05) is 5.73 Å². The minimum atomic E-state index is -1.27. The Morgan fingerprint density at radius 2 is 1.94 bits per heavy atom. The largest absolute Gasteiger partial charge is 0.508 e. The predicted octanol–water partition coefficient (Wildman–Crippen LogP) is 1.68. The summed E-state index contributed by atoms with van der Waals surface area (Å²) in [7, 11) is -1.27. The Labute approximate surface area is 102 Å². The molecule has 0 radical (unpaired) electrons. The Morgan fingerprint density at radius 1 is 1.24 bits per heavy atom. The van der Waals surface area contributed by atoms with E-state index in [9.17, 15) is 4.21 Å². The van der Waals surface area contributed by atoms with Crippen molar-refractivity contribution in [1.82, 2.24) is 4.98 Å². The van der Waals surface area contributed by atoms with Crippen molar-refractivity contribution in [1.29, 1.82) is 0 Å². The van der Waals surface area contributed by atoms with E-state index >= 15 is 0 Å². The molecule has 0 spiro atoms. The molecule has 0 aliphatic carbocycles. The normalized spacial score (nSPS) is 12.2. The summed E-state index contributed by atoms with van der Waals surface area (Å²) in [5.74, 6) is 0.526. The first-order valence-electron chi connectivity index (χ1n) is 5.03. The van der Waals surface area contributed by atoms with Gasteiger partial charge in [0.25, 0.3) is 0 Å². The quantitative estimate of drug-likeness (QED) is 0.866. The van der Waals surface area contributed by atoms with E-state index in [2.05, 4.69) is 4.98 Å². The van der Waals surface area contributed by atoms with Crippen molar-refractivity contribution >= 4 is 16.5 Å². The number of phenols is 1. The molecule has 0 saturated heterocycles. The first kappa shape index (κ1) is 11.6. The molecule has 0 bridgehead atoms. The van der Waals surface area contributed by atoms with Crippen LogP contribution in [0.15, 0.2) is 47.6 Å². The number of phenolic OH excluding ortho intramolecular Hbond substituents is 1. The number of pyridine rings is 1. The van der Waals surface area contributed by atoms with Crippen LogP contribution in [0.2, 0.25) is 0 Å². The van der Waals surface area contributed by atoms with Crippen molar-refractivity contribution in [3.63, 3.8) is 0 Å². The van der Waals surface area contributed by atoms with Gasteiger partial charge in [0.1, 0.15) is 10.8 Å². The van der Waals surface area contributed by atoms with Gasteiger partial charge in [0.15, 0.2) is 0 Å². The third-order valence-corrected chi connectivity index (χ3v) is 3.62. The Kier molecular flexibility index (Phi) is 3.39. The molecule has 2 rings (SSSR count). The summed E-state index contributed by atoms with van der Waals surface area (Å²) in [4.78, 5) is 4.02. The topological polar surface area (TPSA) is 76.2 Å². The maximum absolute atomic E-state index is 12.0. The number of anilines is 1. The number of benzene rings is 1. The first-order chi connectivity index (χ1) is 8.16. The van der Waals surface area contributed by atoms with Crippen molar-refractivity contribution in [2.24, 2.45) is 0 Å². The monoisotopic (exact) mass is 248 g/mol. The van der Waals surface area contributed by atoms with Crippen LogP contribution in [-0.2, 0) is 16.6 Å². The predicted molar refractivity (Wildman–Crippen MR) is 66.9 cm³/mol. The van der Waals surface area contributed by atoms with Crippen LogP contribution in [0.1, 0.15) is 5.56 Å². The zero-order chi connectivity index (χ0) is 12.3. The Bertz CT molecular complexity index is 540. The minimum Gasteiger partial charge on any atom is -0.508 e. The van der Waals surface area contributed by atoms with Crippen molar-refractivity contribution in [3.05, 3.63) is 48.2 Å². The van der Waals surface area contributed by atoms with Gasteiger partial charge in [0, 0.05) is 6.20 Å². The summed E-state index contributed by atoms with van der Waals surface area (Å²) in [5, 5.41) is 9.55. The van der Waals surface area contributed by atoms with Crippen LogP contribution in [0.25, 0.3) is 0 Å². The zero-order valence-corrected chi connectivity index (χ0v) is 9.85. The number of rotatable bonds is 3. The molecule has 1 unspecified atom stereocenters. The Hall–Kier alpha value is -1.88. The number of hydrogen-bond donors (Lipinski definition) is 2. The fraction of sp³-hybridized carbons (Fsp3) is 0.0833. The van der Waals surface area contributed by atoms with Crippen LogP contribution in [0.5, 0.6) is 5.75 Å². The third kappa shape index (κ3) is 2.82. The summed E-state index contributed by atoms with van der Waals surface area (Å²) in [6, 6.07) is 9.97. The lowest BCUT2D eigenvalue weighted by Gasteiger charge is -2.04. The maximum atomic E-state index is 12.0. The highest BCUT2D eigenvalue weighted by atomic mass is 32.2. The average molecular weight is 248 g/mol. The van der Waals surface area contributed by atoms with E-state index in [0.717, 1.165) is 5.56 Å². The molecule has 0 aliphatic heterocycles. The van der Waals surface area contributed by atoms with Gasteiger partial charge in [-0.3, -0.25) is 4.21 Å². The van der Waals surface area contributed by atoms with Crippen LogP contribution >= 0.6 is 0 Å². The molecule has 0 fully saturated rings. The molecule has 0 aliphatic rings. The lowest BCUT2D eigenvalue weighted by molar-refractivity contribution is 0.475. The molecule has 17 heavy (non-hydrogen) atoms. The standard InChI is InChI=1S/C12H12N2O2S/c13-11-2-1-7-14-12(11)17(16)8-9-3-5-10(15)6-4-9/h1-7,15H,8,13H2. The summed E-state index contributed by atoms with van der Waals surface area (Å²) in [6.07, 6.45) is 1.57. The Morgan fingerprint density at radius 3 is 2.59 bits per heavy atom. The molecule has 88 valence electrons. The summed E-state index contributed by atoms with van der Waals surface area (Å²) in [5.41, 5.74) is 7.01. The first-order valence-corrected chi connectivity index (χ1v) is 6.35. The van der Waals surface area contributed by atoms with Gasteiger partial charge >= 0.3 is 0 Å². The second-order valence-corrected chi connectivity index (χ2v) is 4.92. The fourth-order valence-electron chi connectivity index (χ4n) is 1.41. The highest BCUT2D eigenvalue weighted by Gasteiger charge is 2.09. The van der Waals surface area contributed by atoms with E-state index in [-0.39, 0.29) is 5.75 Å². The van der Waals surface area contributed by atoms with E-state index in [1.54, 1.807) is 42.6 Å². The van der Waals surface area contributed by atoms with Gasteiger partial charge in [-0.25, -0.2) is 4.98 Å². The van der Waals surface area contributed by atoms with E-state index in [4.69, 9.17) is 10.8 Å². The number of hydrogen-bond acceptors (Lipinski definition) is 4. The highest BCUT2D eigenvalue weighted by Crippen LogP contribution is 2.17. The third-order valence-electron chi connectivity index (χ3n) is 2.25. The van der Waals surface area contributed by atoms with Crippen molar-refractivity contribution in [3.8, 4) is 5.75 Å². The molecule has 3 N–H and O–H groups in total. The second kappa shape index (κ2) is 4.97. The SMILES string of the molecule is Nc1cccnc1S(=O)Cc1ccc(O)cc1. The van der Waals surface area contributed by atoms with Gasteiger partial charge in [0.2, 0.25) is 0 Å². The second-order valence-electron chi connectivity index (χ2n) is 3.55. The van der Waals surface area contributed by atoms with Crippen molar-refractivity contribution in [2.45, 2.75) is 10.8 Å². The van der Waals surface area contributed by atoms with E-state index < -0.39 is 10.8 Å². The van der Waals surface area contributed by atoms with Gasteiger partial charge in [-0.2, -0.15) is 0 Å². The molecule has 2 aromatic rings. The molecule has 1 heterocycles. The highest BCUT2D eigenvalue weighted by molar-refractivity contribution is 7.84. The van der Waals surface area contributed by atoms with Gasteiger partial charge in [-0.15, -0.1) is 0 Å². The zero-order valence-electron chi connectivity index (χ0n) is 9.04. The van der Waals surface area contributed by atoms with E-state index in [0.29, 0.717) is 16.5 Å². The molecule has 1 atom stereocenters. The summed E-state index contributed by atoms with van der Waals surface area (Å²) >= 11 is 0. The fourth-order valence-corrected chi connectivity index (χ4v) is 2.55. The van der Waals surface area contributed by atoms with E-state index in [1.807, 2.05) is 0 Å². The molecule has 1 aromatic carbocycles. The number of nitrogen functional groups attached to an aromatic ring is 1. The van der Waals surface area contributed by atoms with Gasteiger partial charge in [-0.05, 0) is 29.8 Å². The smallest absolute Gasteiger partial charge is 0.150 e. The molecular weight excluding hydrogens is 236 g/mol. The van der Waals surface area contributed by atoms with Crippen molar-refractivity contribution < 1.29 is 9.32 Å². The molecule has 4 nitrogen and oxygen atoms in total. The maximum Gasteiger partial charge on any atom is 0.150 e. The van der Waals surface area contributed by atoms with Crippen LogP contribution in [0.4, 0.5) is 5.69 Å². The molecule has 0 amide bonds. The van der Waals surface area contributed by atoms with Crippen LogP contribution < -0.4 is 5.73 Å². The number of aromatic hydroxyl groups is 1. The van der Waals surface area contributed by atoms with Crippen LogP contribution in [-0.4, -0.2) is 14.3 Å². The molecule has 0 saturated carbocycles. The summed E-state index contributed by atoms with van der Waals surface area (Å²) in [6.45, 7) is 0. The summed E-state index contributed by atoms with van der Waals surface area (Å²) < 4.78 is 12.0. The number of nitrogens with zero attached hydrogens (tertiary/aromatic N) is 1. The minimum absolute atomic E-state index is 0.192. The van der Waals surface area contributed by atoms with Crippen LogP contribution in [0, 0.1) is 0 Å². The molecular formula is C12H12N2O2S.